The summed E-state index contributed by atoms with van der Waals surface area (Å²) in [6.07, 6.45) is 4.47. The molecule has 3 N–H and O–H groups in total. The quantitative estimate of drug-likeness (QED) is 0.632. The first-order valence-electron chi connectivity index (χ1n) is 8.19. The summed E-state index contributed by atoms with van der Waals surface area (Å²) in [6, 6.07) is 5.99. The summed E-state index contributed by atoms with van der Waals surface area (Å²) >= 11 is 5.19. The summed E-state index contributed by atoms with van der Waals surface area (Å²) in [5, 5.41) is 4.35. The van der Waals surface area contributed by atoms with E-state index < -0.39 is 5.91 Å². The van der Waals surface area contributed by atoms with E-state index >= 15 is 0 Å². The molecule has 3 rings (SSSR count). The lowest BCUT2D eigenvalue weighted by atomic mass is 10.1. The number of para-hydroxylation sites is 1. The fourth-order valence-corrected chi connectivity index (χ4v) is 3.49. The van der Waals surface area contributed by atoms with Crippen molar-refractivity contribution in [1.82, 2.24) is 14.8 Å². The van der Waals surface area contributed by atoms with Crippen LogP contribution in [0.5, 0.6) is 0 Å². The van der Waals surface area contributed by atoms with E-state index in [0.29, 0.717) is 17.4 Å². The third-order valence-corrected chi connectivity index (χ3v) is 4.62. The third kappa shape index (κ3) is 3.02. The topological polar surface area (TPSA) is 80.4 Å². The standard InChI is InChI=1S/C18H20N4O2S/c1-3-11-6-5-7-13-12(9-21(16(11)13)10-15(19)23)8-14-17(24)22(4-2)18(25)20-14/h5-9H,3-4,10H2,1-2H3,(H2,19,23)(H,20,25)/b14-8-. The van der Waals surface area contributed by atoms with Gasteiger partial charge in [-0.3, -0.25) is 14.5 Å². The molecule has 1 saturated heterocycles. The lowest BCUT2D eigenvalue weighted by Crippen LogP contribution is -2.30. The summed E-state index contributed by atoms with van der Waals surface area (Å²) in [5.41, 5.74) is 8.77. The summed E-state index contributed by atoms with van der Waals surface area (Å²) in [4.78, 5) is 25.4. The van der Waals surface area contributed by atoms with Gasteiger partial charge in [0.15, 0.2) is 5.11 Å². The van der Waals surface area contributed by atoms with Gasteiger partial charge < -0.3 is 15.6 Å². The average Bonchev–Trinajstić information content (AvgIpc) is 3.05. The lowest BCUT2D eigenvalue weighted by molar-refractivity contribution is -0.122. The number of benzene rings is 1. The maximum atomic E-state index is 12.4. The second kappa shape index (κ2) is 6.68. The molecule has 1 aromatic heterocycles. The Balaban J connectivity index is 2.14. The molecule has 0 radical (unpaired) electrons. The first-order valence-corrected chi connectivity index (χ1v) is 8.60. The van der Waals surface area contributed by atoms with Crippen molar-refractivity contribution in [3.05, 3.63) is 41.2 Å². The highest BCUT2D eigenvalue weighted by molar-refractivity contribution is 7.80. The first-order chi connectivity index (χ1) is 12.0. The summed E-state index contributed by atoms with van der Waals surface area (Å²) in [7, 11) is 0. The van der Waals surface area contributed by atoms with Crippen LogP contribution in [0.15, 0.2) is 30.1 Å². The van der Waals surface area contributed by atoms with Gasteiger partial charge in [0.05, 0.1) is 5.52 Å². The molecule has 2 amide bonds. The number of aryl methyl sites for hydroxylation is 1. The molecular formula is C18H20N4O2S. The molecule has 0 aliphatic carbocycles. The van der Waals surface area contributed by atoms with Crippen molar-refractivity contribution in [3.63, 3.8) is 0 Å². The van der Waals surface area contributed by atoms with Gasteiger partial charge in [0.1, 0.15) is 12.2 Å². The second-order valence-corrected chi connectivity index (χ2v) is 6.27. The molecule has 25 heavy (non-hydrogen) atoms. The van der Waals surface area contributed by atoms with Gasteiger partial charge in [-0.2, -0.15) is 0 Å². The summed E-state index contributed by atoms with van der Waals surface area (Å²) < 4.78 is 1.85. The minimum absolute atomic E-state index is 0.0948. The average molecular weight is 356 g/mol. The Morgan fingerprint density at radius 3 is 2.72 bits per heavy atom. The fourth-order valence-electron chi connectivity index (χ4n) is 3.17. The molecule has 0 unspecified atom stereocenters. The zero-order chi connectivity index (χ0) is 18.1. The monoisotopic (exact) mass is 356 g/mol. The van der Waals surface area contributed by atoms with Crippen molar-refractivity contribution in [2.75, 3.05) is 6.54 Å². The number of likely N-dealkylation sites (N-methyl/N-ethyl adjacent to an activating group) is 1. The second-order valence-electron chi connectivity index (χ2n) is 5.88. The van der Waals surface area contributed by atoms with Crippen LogP contribution in [0.1, 0.15) is 25.0 Å². The molecule has 1 aromatic carbocycles. The van der Waals surface area contributed by atoms with Crippen LogP contribution >= 0.6 is 12.2 Å². The lowest BCUT2D eigenvalue weighted by Gasteiger charge is -2.08. The first kappa shape index (κ1) is 17.2. The van der Waals surface area contributed by atoms with Crippen molar-refractivity contribution >= 4 is 46.1 Å². The van der Waals surface area contributed by atoms with E-state index in [1.165, 1.54) is 4.90 Å². The maximum absolute atomic E-state index is 12.4. The van der Waals surface area contributed by atoms with Gasteiger partial charge in [-0.1, -0.05) is 25.1 Å². The van der Waals surface area contributed by atoms with Crippen LogP contribution in [0.4, 0.5) is 0 Å². The van der Waals surface area contributed by atoms with Gasteiger partial charge >= 0.3 is 0 Å². The number of carbonyl (C=O) groups is 2. The number of primary amides is 1. The molecule has 1 aliphatic heterocycles. The Kier molecular flexibility index (Phi) is 4.59. The van der Waals surface area contributed by atoms with Crippen LogP contribution in [0.2, 0.25) is 0 Å². The zero-order valence-electron chi connectivity index (χ0n) is 14.2. The Labute approximate surface area is 151 Å². The highest BCUT2D eigenvalue weighted by Gasteiger charge is 2.29. The molecule has 2 aromatic rings. The Morgan fingerprint density at radius 1 is 1.36 bits per heavy atom. The van der Waals surface area contributed by atoms with E-state index in [2.05, 4.69) is 12.2 Å². The van der Waals surface area contributed by atoms with Gasteiger partial charge in [-0.25, -0.2) is 0 Å². The number of nitrogens with zero attached hydrogens (tertiary/aromatic N) is 2. The van der Waals surface area contributed by atoms with E-state index in [0.717, 1.165) is 28.5 Å². The summed E-state index contributed by atoms with van der Waals surface area (Å²) in [6.45, 7) is 4.55. The van der Waals surface area contributed by atoms with Crippen molar-refractivity contribution in [2.45, 2.75) is 26.8 Å². The fraction of sp³-hybridized carbons (Fsp3) is 0.278. The predicted octanol–water partition coefficient (Wildman–Crippen LogP) is 1.77. The number of nitrogens with one attached hydrogen (secondary N) is 1. The van der Waals surface area contributed by atoms with Crippen molar-refractivity contribution in [2.24, 2.45) is 5.73 Å². The van der Waals surface area contributed by atoms with Crippen LogP contribution in [0.25, 0.3) is 17.0 Å². The minimum Gasteiger partial charge on any atom is -0.368 e. The molecule has 1 aliphatic rings. The molecule has 0 saturated carbocycles. The number of aromatic nitrogens is 1. The van der Waals surface area contributed by atoms with Crippen molar-refractivity contribution in [1.29, 1.82) is 0 Å². The van der Waals surface area contributed by atoms with Crippen LogP contribution in [-0.2, 0) is 22.6 Å². The van der Waals surface area contributed by atoms with Gasteiger partial charge in [0, 0.05) is 23.7 Å². The smallest absolute Gasteiger partial charge is 0.276 e. The van der Waals surface area contributed by atoms with Gasteiger partial charge in [0.25, 0.3) is 5.91 Å². The molecule has 0 atom stereocenters. The van der Waals surface area contributed by atoms with Crippen LogP contribution in [0.3, 0.4) is 0 Å². The number of nitrogens with two attached hydrogens (primary N) is 1. The molecular weight excluding hydrogens is 336 g/mol. The largest absolute Gasteiger partial charge is 0.368 e. The van der Waals surface area contributed by atoms with Crippen LogP contribution in [-0.4, -0.2) is 32.9 Å². The molecule has 7 heteroatoms. The highest BCUT2D eigenvalue weighted by atomic mass is 32.1. The van der Waals surface area contributed by atoms with Gasteiger partial charge in [0.2, 0.25) is 5.91 Å². The molecule has 0 bridgehead atoms. The van der Waals surface area contributed by atoms with E-state index in [1.807, 2.05) is 35.9 Å². The number of hydrogen-bond acceptors (Lipinski definition) is 3. The molecule has 0 spiro atoms. The minimum atomic E-state index is -0.407. The SMILES string of the molecule is CCc1cccc2c(/C=C3\NC(=S)N(CC)C3=O)cn(CC(N)=O)c12. The number of amides is 2. The van der Waals surface area contributed by atoms with Gasteiger partial charge in [-0.15, -0.1) is 0 Å². The normalized spacial score (nSPS) is 16.1. The zero-order valence-corrected chi connectivity index (χ0v) is 15.0. The van der Waals surface area contributed by atoms with Crippen molar-refractivity contribution < 1.29 is 9.59 Å². The predicted molar refractivity (Wildman–Crippen MR) is 102 cm³/mol. The number of hydrogen-bond donors (Lipinski definition) is 2. The van der Waals surface area contributed by atoms with Crippen molar-refractivity contribution in [3.8, 4) is 0 Å². The van der Waals surface area contributed by atoms with E-state index in [1.54, 1.807) is 6.08 Å². The number of fused-ring (bicyclic) bond motifs is 1. The van der Waals surface area contributed by atoms with Crippen LogP contribution in [0, 0.1) is 0 Å². The van der Waals surface area contributed by atoms with E-state index in [9.17, 15) is 9.59 Å². The molecule has 130 valence electrons. The molecule has 1 fully saturated rings. The summed E-state index contributed by atoms with van der Waals surface area (Å²) in [5.74, 6) is -0.551. The maximum Gasteiger partial charge on any atom is 0.276 e. The highest BCUT2D eigenvalue weighted by Crippen LogP contribution is 2.27. The van der Waals surface area contributed by atoms with Crippen LogP contribution < -0.4 is 11.1 Å². The number of carbonyl (C=O) groups excluding carboxylic acids is 2. The van der Waals surface area contributed by atoms with Gasteiger partial charge in [-0.05, 0) is 37.2 Å². The third-order valence-electron chi connectivity index (χ3n) is 4.30. The Bertz CT molecular complexity index is 913. The molecule has 2 heterocycles. The molecule has 6 nitrogen and oxygen atoms in total. The van der Waals surface area contributed by atoms with E-state index in [-0.39, 0.29) is 12.5 Å². The number of thiocarbonyl (C=S) groups is 1. The Morgan fingerprint density at radius 2 is 2.12 bits per heavy atom. The number of rotatable bonds is 5. The van der Waals surface area contributed by atoms with E-state index in [4.69, 9.17) is 18.0 Å². The Hall–Kier alpha value is -2.67.